The van der Waals surface area contributed by atoms with E-state index in [0.29, 0.717) is 32.7 Å². The minimum absolute atomic E-state index is 0.00828. The van der Waals surface area contributed by atoms with Crippen LogP contribution in [0.3, 0.4) is 0 Å². The number of benzene rings is 1. The first kappa shape index (κ1) is 15.7. The van der Waals surface area contributed by atoms with E-state index in [4.69, 9.17) is 10.5 Å². The summed E-state index contributed by atoms with van der Waals surface area (Å²) in [6, 6.07) is 9.37. The van der Waals surface area contributed by atoms with Crippen molar-refractivity contribution in [2.75, 3.05) is 26.3 Å². The molecular weight excluding hydrogens is 240 g/mol. The molecule has 19 heavy (non-hydrogen) atoms. The molecule has 1 aromatic rings. The summed E-state index contributed by atoms with van der Waals surface area (Å²) >= 11 is 0. The van der Waals surface area contributed by atoms with Crippen molar-refractivity contribution in [3.63, 3.8) is 0 Å². The third-order valence-corrected chi connectivity index (χ3v) is 3.02. The van der Waals surface area contributed by atoms with Crippen molar-refractivity contribution in [3.05, 3.63) is 35.9 Å². The van der Waals surface area contributed by atoms with Crippen molar-refractivity contribution < 1.29 is 9.53 Å². The van der Waals surface area contributed by atoms with Gasteiger partial charge in [-0.3, -0.25) is 4.79 Å². The topological polar surface area (TPSA) is 55.6 Å². The van der Waals surface area contributed by atoms with E-state index in [2.05, 4.69) is 0 Å². The molecule has 0 aliphatic carbocycles. The van der Waals surface area contributed by atoms with Gasteiger partial charge in [0.15, 0.2) is 0 Å². The molecule has 0 fully saturated rings. The molecule has 4 heteroatoms. The van der Waals surface area contributed by atoms with Crippen molar-refractivity contribution in [1.82, 2.24) is 4.90 Å². The highest BCUT2D eigenvalue weighted by Crippen LogP contribution is 2.04. The number of hydrogen-bond acceptors (Lipinski definition) is 3. The minimum Gasteiger partial charge on any atom is -0.380 e. The van der Waals surface area contributed by atoms with Gasteiger partial charge in [0, 0.05) is 19.7 Å². The highest BCUT2D eigenvalue weighted by atomic mass is 16.5. The lowest BCUT2D eigenvalue weighted by Gasteiger charge is -2.24. The van der Waals surface area contributed by atoms with E-state index < -0.39 is 6.04 Å². The van der Waals surface area contributed by atoms with Gasteiger partial charge in [-0.05, 0) is 25.8 Å². The maximum atomic E-state index is 12.2. The van der Waals surface area contributed by atoms with Crippen LogP contribution in [0.15, 0.2) is 30.3 Å². The Bertz CT molecular complexity index is 368. The van der Waals surface area contributed by atoms with Crippen LogP contribution in [-0.4, -0.2) is 43.2 Å². The summed E-state index contributed by atoms with van der Waals surface area (Å²) in [4.78, 5) is 14.0. The zero-order valence-electron chi connectivity index (χ0n) is 11.8. The fourth-order valence-corrected chi connectivity index (χ4v) is 1.93. The van der Waals surface area contributed by atoms with Gasteiger partial charge in [0.05, 0.1) is 12.6 Å². The molecule has 0 saturated carbocycles. The van der Waals surface area contributed by atoms with Gasteiger partial charge in [-0.1, -0.05) is 30.3 Å². The number of hydrogen-bond donors (Lipinski definition) is 1. The Hall–Kier alpha value is -1.39. The highest BCUT2D eigenvalue weighted by Gasteiger charge is 2.19. The van der Waals surface area contributed by atoms with Crippen LogP contribution in [0.25, 0.3) is 0 Å². The third kappa shape index (κ3) is 5.41. The average Bonchev–Trinajstić information content (AvgIpc) is 2.44. The number of rotatable bonds is 8. The number of carbonyl (C=O) groups excluding carboxylic acids is 1. The molecular formula is C15H24N2O2. The first-order valence-corrected chi connectivity index (χ1v) is 6.85. The summed E-state index contributed by atoms with van der Waals surface area (Å²) in [7, 11) is 0. The van der Waals surface area contributed by atoms with Crippen molar-refractivity contribution in [2.45, 2.75) is 26.3 Å². The molecule has 106 valence electrons. The second-order valence-electron chi connectivity index (χ2n) is 4.41. The second kappa shape index (κ2) is 8.67. The SMILES string of the molecule is CCOCCN(CC)C(=O)[C@H](N)Cc1ccccc1. The van der Waals surface area contributed by atoms with Gasteiger partial charge in [0.1, 0.15) is 0 Å². The van der Waals surface area contributed by atoms with Crippen LogP contribution in [0.1, 0.15) is 19.4 Å². The number of nitrogens with two attached hydrogens (primary N) is 1. The molecule has 0 spiro atoms. The van der Waals surface area contributed by atoms with Gasteiger partial charge in [-0.25, -0.2) is 0 Å². The monoisotopic (exact) mass is 264 g/mol. The number of amides is 1. The lowest BCUT2D eigenvalue weighted by atomic mass is 10.1. The van der Waals surface area contributed by atoms with Gasteiger partial charge in [0.2, 0.25) is 5.91 Å². The van der Waals surface area contributed by atoms with Crippen molar-refractivity contribution >= 4 is 5.91 Å². The first-order chi connectivity index (χ1) is 9.19. The Balaban J connectivity index is 2.49. The van der Waals surface area contributed by atoms with Gasteiger partial charge in [-0.15, -0.1) is 0 Å². The van der Waals surface area contributed by atoms with Crippen LogP contribution in [0, 0.1) is 0 Å². The van der Waals surface area contributed by atoms with Crippen molar-refractivity contribution in [3.8, 4) is 0 Å². The molecule has 0 aliphatic rings. The largest absolute Gasteiger partial charge is 0.380 e. The number of ether oxygens (including phenoxy) is 1. The predicted octanol–water partition coefficient (Wildman–Crippen LogP) is 1.44. The van der Waals surface area contributed by atoms with Gasteiger partial charge >= 0.3 is 0 Å². The van der Waals surface area contributed by atoms with Crippen LogP contribution < -0.4 is 5.73 Å². The van der Waals surface area contributed by atoms with E-state index in [9.17, 15) is 4.79 Å². The number of likely N-dealkylation sites (N-methyl/N-ethyl adjacent to an activating group) is 1. The zero-order valence-corrected chi connectivity index (χ0v) is 11.8. The molecule has 0 aliphatic heterocycles. The van der Waals surface area contributed by atoms with Crippen LogP contribution in [-0.2, 0) is 16.0 Å². The molecule has 0 heterocycles. The Kier molecular flexibility index (Phi) is 7.15. The molecule has 1 amide bonds. The highest BCUT2D eigenvalue weighted by molar-refractivity contribution is 5.82. The lowest BCUT2D eigenvalue weighted by Crippen LogP contribution is -2.46. The van der Waals surface area contributed by atoms with Gasteiger partial charge in [0.25, 0.3) is 0 Å². The number of nitrogens with zero attached hydrogens (tertiary/aromatic N) is 1. The van der Waals surface area contributed by atoms with E-state index >= 15 is 0 Å². The average molecular weight is 264 g/mol. The van der Waals surface area contributed by atoms with E-state index in [1.165, 1.54) is 0 Å². The Morgan fingerprint density at radius 1 is 1.32 bits per heavy atom. The van der Waals surface area contributed by atoms with E-state index in [-0.39, 0.29) is 5.91 Å². The Morgan fingerprint density at radius 3 is 2.58 bits per heavy atom. The molecule has 1 atom stereocenters. The zero-order chi connectivity index (χ0) is 14.1. The van der Waals surface area contributed by atoms with Crippen LogP contribution >= 0.6 is 0 Å². The first-order valence-electron chi connectivity index (χ1n) is 6.85. The maximum Gasteiger partial charge on any atom is 0.239 e. The van der Waals surface area contributed by atoms with Crippen molar-refractivity contribution in [1.29, 1.82) is 0 Å². The summed E-state index contributed by atoms with van der Waals surface area (Å²) in [5, 5.41) is 0. The summed E-state index contributed by atoms with van der Waals surface area (Å²) in [6.45, 7) is 6.40. The molecule has 0 unspecified atom stereocenters. The maximum absolute atomic E-state index is 12.2. The summed E-state index contributed by atoms with van der Waals surface area (Å²) in [5.41, 5.74) is 7.09. The minimum atomic E-state index is -0.482. The molecule has 1 aromatic carbocycles. The molecule has 1 rings (SSSR count). The molecule has 0 aromatic heterocycles. The van der Waals surface area contributed by atoms with E-state index in [0.717, 1.165) is 5.56 Å². The summed E-state index contributed by atoms with van der Waals surface area (Å²) < 4.78 is 5.28. The molecule has 2 N–H and O–H groups in total. The normalized spacial score (nSPS) is 12.2. The Morgan fingerprint density at radius 2 is 2.00 bits per heavy atom. The Labute approximate surface area is 115 Å². The predicted molar refractivity (Wildman–Crippen MR) is 76.9 cm³/mol. The molecule has 0 bridgehead atoms. The van der Waals surface area contributed by atoms with Gasteiger partial charge in [-0.2, -0.15) is 0 Å². The molecule has 0 radical (unpaired) electrons. The molecule has 0 saturated heterocycles. The third-order valence-electron chi connectivity index (χ3n) is 3.02. The molecule has 4 nitrogen and oxygen atoms in total. The van der Waals surface area contributed by atoms with Crippen molar-refractivity contribution in [2.24, 2.45) is 5.73 Å². The van der Waals surface area contributed by atoms with Crippen LogP contribution in [0.2, 0.25) is 0 Å². The fourth-order valence-electron chi connectivity index (χ4n) is 1.93. The number of carbonyl (C=O) groups is 1. The van der Waals surface area contributed by atoms with E-state index in [1.807, 2.05) is 44.2 Å². The van der Waals surface area contributed by atoms with Gasteiger partial charge < -0.3 is 15.4 Å². The standard InChI is InChI=1S/C15H24N2O2/c1-3-17(10-11-19-4-2)15(18)14(16)12-13-8-6-5-7-9-13/h5-9,14H,3-4,10-12,16H2,1-2H3/t14-/m1/s1. The smallest absolute Gasteiger partial charge is 0.239 e. The van der Waals surface area contributed by atoms with Crippen LogP contribution in [0.5, 0.6) is 0 Å². The summed E-state index contributed by atoms with van der Waals surface area (Å²) in [5.74, 6) is -0.00828. The quantitative estimate of drug-likeness (QED) is 0.723. The second-order valence-corrected chi connectivity index (χ2v) is 4.41. The van der Waals surface area contributed by atoms with Crippen LogP contribution in [0.4, 0.5) is 0 Å². The lowest BCUT2D eigenvalue weighted by molar-refractivity contribution is -0.133. The summed E-state index contributed by atoms with van der Waals surface area (Å²) in [6.07, 6.45) is 0.574. The fraction of sp³-hybridized carbons (Fsp3) is 0.533. The van der Waals surface area contributed by atoms with E-state index in [1.54, 1.807) is 4.90 Å².